The van der Waals surface area contributed by atoms with E-state index in [-0.39, 0.29) is 5.88 Å². The zero-order chi connectivity index (χ0) is 13.3. The number of rotatable bonds is 3. The lowest BCUT2D eigenvalue weighted by Crippen LogP contribution is -2.01. The summed E-state index contributed by atoms with van der Waals surface area (Å²) in [6.45, 7) is 4.51. The van der Waals surface area contributed by atoms with Gasteiger partial charge in [0.05, 0.1) is 5.71 Å². The molecule has 3 nitrogen and oxygen atoms in total. The van der Waals surface area contributed by atoms with E-state index in [0.29, 0.717) is 21.1 Å². The number of hydrogen-bond acceptors (Lipinski definition) is 4. The summed E-state index contributed by atoms with van der Waals surface area (Å²) in [4.78, 5) is 0.535. The zero-order valence-electron chi connectivity index (χ0n) is 10.2. The van der Waals surface area contributed by atoms with Gasteiger partial charge in [0.1, 0.15) is 4.88 Å². The molecule has 1 aromatic carbocycles. The van der Waals surface area contributed by atoms with Gasteiger partial charge in [-0.1, -0.05) is 35.1 Å². The number of hydrogen-bond donors (Lipinski definition) is 2. The summed E-state index contributed by atoms with van der Waals surface area (Å²) in [5.74, 6) is 0.0963. The van der Waals surface area contributed by atoms with Gasteiger partial charge in [-0.15, -0.1) is 0 Å². The van der Waals surface area contributed by atoms with Crippen LogP contribution >= 0.6 is 23.6 Å². The van der Waals surface area contributed by atoms with Crippen molar-refractivity contribution in [3.05, 3.63) is 44.2 Å². The summed E-state index contributed by atoms with van der Waals surface area (Å²) in [6.07, 6.45) is 0. The highest BCUT2D eigenvalue weighted by atomic mass is 32.1. The SMILES string of the molecule is CCn1c(O)c(C(=N)c2cccc(C)c2)sc1=S. The first-order valence-corrected chi connectivity index (χ1v) is 6.85. The Kier molecular flexibility index (Phi) is 3.63. The van der Waals surface area contributed by atoms with E-state index in [1.54, 1.807) is 4.57 Å². The number of aromatic nitrogens is 1. The minimum absolute atomic E-state index is 0.0963. The van der Waals surface area contributed by atoms with Gasteiger partial charge >= 0.3 is 0 Å². The molecule has 0 spiro atoms. The van der Waals surface area contributed by atoms with Crippen LogP contribution in [0.15, 0.2) is 24.3 Å². The summed E-state index contributed by atoms with van der Waals surface area (Å²) >= 11 is 6.46. The van der Waals surface area contributed by atoms with Crippen molar-refractivity contribution in [2.75, 3.05) is 0 Å². The van der Waals surface area contributed by atoms with E-state index >= 15 is 0 Å². The van der Waals surface area contributed by atoms with Crippen LogP contribution in [0.5, 0.6) is 5.88 Å². The second-order valence-electron chi connectivity index (χ2n) is 4.01. The first-order chi connectivity index (χ1) is 8.54. The van der Waals surface area contributed by atoms with Crippen LogP contribution in [-0.2, 0) is 6.54 Å². The fraction of sp³-hybridized carbons (Fsp3) is 0.231. The summed E-state index contributed by atoms with van der Waals surface area (Å²) in [6, 6.07) is 7.69. The van der Waals surface area contributed by atoms with E-state index in [0.717, 1.165) is 11.1 Å². The molecule has 2 rings (SSSR count). The van der Waals surface area contributed by atoms with Crippen LogP contribution in [0.4, 0.5) is 0 Å². The Morgan fingerprint density at radius 1 is 1.50 bits per heavy atom. The van der Waals surface area contributed by atoms with Crippen molar-refractivity contribution in [2.24, 2.45) is 0 Å². The van der Waals surface area contributed by atoms with E-state index in [9.17, 15) is 5.11 Å². The maximum Gasteiger partial charge on any atom is 0.212 e. The second-order valence-corrected chi connectivity index (χ2v) is 5.65. The summed E-state index contributed by atoms with van der Waals surface area (Å²) in [5, 5.41) is 18.3. The van der Waals surface area contributed by atoms with Crippen molar-refractivity contribution >= 4 is 29.3 Å². The van der Waals surface area contributed by atoms with Gasteiger partial charge in [-0.25, -0.2) is 0 Å². The fourth-order valence-corrected chi connectivity index (χ4v) is 3.16. The minimum atomic E-state index is 0.0963. The summed E-state index contributed by atoms with van der Waals surface area (Å²) in [7, 11) is 0. The number of aryl methyl sites for hydroxylation is 1. The second kappa shape index (κ2) is 5.04. The lowest BCUT2D eigenvalue weighted by atomic mass is 10.1. The van der Waals surface area contributed by atoms with Crippen LogP contribution in [0, 0.1) is 16.3 Å². The molecule has 0 saturated carbocycles. The lowest BCUT2D eigenvalue weighted by Gasteiger charge is -2.04. The minimum Gasteiger partial charge on any atom is -0.493 e. The Balaban J connectivity index is 2.50. The quantitative estimate of drug-likeness (QED) is 0.664. The van der Waals surface area contributed by atoms with Crippen molar-refractivity contribution in [1.82, 2.24) is 4.57 Å². The van der Waals surface area contributed by atoms with Crippen LogP contribution < -0.4 is 0 Å². The third-order valence-corrected chi connectivity index (χ3v) is 4.17. The van der Waals surface area contributed by atoms with Crippen molar-refractivity contribution < 1.29 is 5.11 Å². The molecule has 0 bridgehead atoms. The Morgan fingerprint density at radius 3 is 2.78 bits per heavy atom. The molecule has 0 amide bonds. The Labute approximate surface area is 115 Å². The molecule has 18 heavy (non-hydrogen) atoms. The molecule has 0 fully saturated rings. The van der Waals surface area contributed by atoms with E-state index < -0.39 is 0 Å². The largest absolute Gasteiger partial charge is 0.493 e. The van der Waals surface area contributed by atoms with Gasteiger partial charge in [0.15, 0.2) is 3.95 Å². The molecule has 1 heterocycles. The third-order valence-electron chi connectivity index (χ3n) is 2.72. The topological polar surface area (TPSA) is 49.0 Å². The van der Waals surface area contributed by atoms with E-state index in [2.05, 4.69) is 0 Å². The van der Waals surface area contributed by atoms with Gasteiger partial charge in [-0.05, 0) is 32.1 Å². The third kappa shape index (κ3) is 2.23. The standard InChI is InChI=1S/C13H14N2OS2/c1-3-15-12(16)11(18-13(15)17)10(14)9-6-4-5-8(2)7-9/h4-7,14,16H,3H2,1-2H3. The fourth-order valence-electron chi connectivity index (χ4n) is 1.77. The molecule has 94 valence electrons. The molecule has 0 aliphatic carbocycles. The first kappa shape index (κ1) is 13.0. The molecule has 1 aromatic heterocycles. The summed E-state index contributed by atoms with van der Waals surface area (Å²) in [5.41, 5.74) is 2.21. The predicted octanol–water partition coefficient (Wildman–Crippen LogP) is 3.73. The molecule has 0 atom stereocenters. The average Bonchev–Trinajstić information content (AvgIpc) is 2.63. The molecule has 0 aliphatic rings. The van der Waals surface area contributed by atoms with Gasteiger partial charge in [-0.2, -0.15) is 0 Å². The monoisotopic (exact) mass is 278 g/mol. The molecular weight excluding hydrogens is 264 g/mol. The number of aromatic hydroxyl groups is 1. The molecule has 5 heteroatoms. The number of benzene rings is 1. The van der Waals surface area contributed by atoms with Crippen LogP contribution in [-0.4, -0.2) is 15.4 Å². The smallest absolute Gasteiger partial charge is 0.212 e. The van der Waals surface area contributed by atoms with Gasteiger partial charge < -0.3 is 5.11 Å². The van der Waals surface area contributed by atoms with Gasteiger partial charge in [0.25, 0.3) is 0 Å². The van der Waals surface area contributed by atoms with E-state index in [1.807, 2.05) is 38.1 Å². The van der Waals surface area contributed by atoms with Gasteiger partial charge in [0, 0.05) is 12.1 Å². The maximum atomic E-state index is 10.1. The lowest BCUT2D eigenvalue weighted by molar-refractivity contribution is 0.419. The van der Waals surface area contributed by atoms with Crippen LogP contribution in [0.3, 0.4) is 0 Å². The van der Waals surface area contributed by atoms with Crippen molar-refractivity contribution in [2.45, 2.75) is 20.4 Å². The number of nitrogens with one attached hydrogen (secondary N) is 1. The number of thiazole rings is 1. The normalized spacial score (nSPS) is 10.6. The van der Waals surface area contributed by atoms with Crippen molar-refractivity contribution in [3.8, 4) is 5.88 Å². The molecule has 0 radical (unpaired) electrons. The van der Waals surface area contributed by atoms with Crippen molar-refractivity contribution in [3.63, 3.8) is 0 Å². The molecular formula is C13H14N2OS2. The number of nitrogens with zero attached hydrogens (tertiary/aromatic N) is 1. The van der Waals surface area contributed by atoms with Crippen molar-refractivity contribution in [1.29, 1.82) is 5.41 Å². The van der Waals surface area contributed by atoms with Crippen LogP contribution in [0.25, 0.3) is 0 Å². The zero-order valence-corrected chi connectivity index (χ0v) is 11.9. The Bertz CT molecular complexity index is 655. The molecule has 2 aromatic rings. The van der Waals surface area contributed by atoms with Gasteiger partial charge in [-0.3, -0.25) is 9.98 Å². The molecule has 0 unspecified atom stereocenters. The molecule has 0 aliphatic heterocycles. The van der Waals surface area contributed by atoms with Crippen LogP contribution in [0.1, 0.15) is 22.9 Å². The highest BCUT2D eigenvalue weighted by Gasteiger charge is 2.16. The van der Waals surface area contributed by atoms with Gasteiger partial charge in [0.2, 0.25) is 5.88 Å². The Morgan fingerprint density at radius 2 is 2.22 bits per heavy atom. The average molecular weight is 278 g/mol. The van der Waals surface area contributed by atoms with Crippen LogP contribution in [0.2, 0.25) is 0 Å². The predicted molar refractivity (Wildman–Crippen MR) is 77.6 cm³/mol. The van der Waals surface area contributed by atoms with E-state index in [4.69, 9.17) is 17.6 Å². The first-order valence-electron chi connectivity index (χ1n) is 5.63. The highest BCUT2D eigenvalue weighted by Crippen LogP contribution is 2.28. The maximum absolute atomic E-state index is 10.1. The summed E-state index contributed by atoms with van der Waals surface area (Å²) < 4.78 is 2.24. The highest BCUT2D eigenvalue weighted by molar-refractivity contribution is 7.73. The molecule has 0 saturated heterocycles. The molecule has 2 N–H and O–H groups in total. The van der Waals surface area contributed by atoms with E-state index in [1.165, 1.54) is 11.3 Å². The Hall–Kier alpha value is -1.46.